The fourth-order valence-electron chi connectivity index (χ4n) is 1.67. The summed E-state index contributed by atoms with van der Waals surface area (Å²) in [6, 6.07) is 6.80. The molecule has 0 spiro atoms. The van der Waals surface area contributed by atoms with Gasteiger partial charge in [0.25, 0.3) is 0 Å². The third kappa shape index (κ3) is 3.52. The first-order valence-corrected chi connectivity index (χ1v) is 7.33. The van der Waals surface area contributed by atoms with E-state index in [4.69, 9.17) is 5.73 Å². The minimum atomic E-state index is -3.46. The van der Waals surface area contributed by atoms with Crippen molar-refractivity contribution >= 4 is 10.0 Å². The Hall–Kier alpha value is -0.910. The van der Waals surface area contributed by atoms with Gasteiger partial charge >= 0.3 is 0 Å². The Kier molecular flexibility index (Phi) is 5.11. The van der Waals surface area contributed by atoms with Crippen molar-refractivity contribution < 1.29 is 8.42 Å². The second-order valence-corrected chi connectivity index (χ2v) is 5.63. The fraction of sp³-hybridized carbons (Fsp3) is 0.500. The van der Waals surface area contributed by atoms with Gasteiger partial charge in [0.05, 0.1) is 4.90 Å². The Morgan fingerprint density at radius 2 is 1.82 bits per heavy atom. The molecule has 0 amide bonds. The molecule has 0 aliphatic rings. The van der Waals surface area contributed by atoms with Crippen molar-refractivity contribution in [3.8, 4) is 0 Å². The highest BCUT2D eigenvalue weighted by Gasteiger charge is 2.20. The molecule has 1 aromatic carbocycles. The highest BCUT2D eigenvalue weighted by atomic mass is 32.2. The van der Waals surface area contributed by atoms with Gasteiger partial charge in [0.1, 0.15) is 0 Å². The minimum Gasteiger partial charge on any atom is -0.326 e. The van der Waals surface area contributed by atoms with Gasteiger partial charge in [-0.2, -0.15) is 0 Å². The van der Waals surface area contributed by atoms with Gasteiger partial charge in [-0.25, -0.2) is 13.1 Å². The lowest BCUT2D eigenvalue weighted by atomic mass is 10.2. The van der Waals surface area contributed by atoms with Crippen LogP contribution in [0.5, 0.6) is 0 Å². The molecule has 0 atom stereocenters. The molecule has 0 unspecified atom stereocenters. The molecule has 0 aliphatic heterocycles. The maximum atomic E-state index is 12.2. The van der Waals surface area contributed by atoms with E-state index in [-0.39, 0.29) is 17.5 Å². The summed E-state index contributed by atoms with van der Waals surface area (Å²) < 4.78 is 27.0. The molecule has 3 N–H and O–H groups in total. The van der Waals surface area contributed by atoms with Gasteiger partial charge in [0.15, 0.2) is 0 Å². The van der Waals surface area contributed by atoms with E-state index in [9.17, 15) is 8.42 Å². The molecule has 0 radical (unpaired) electrons. The highest BCUT2D eigenvalue weighted by molar-refractivity contribution is 7.89. The van der Waals surface area contributed by atoms with Crippen molar-refractivity contribution in [2.75, 3.05) is 0 Å². The number of hydrogen-bond acceptors (Lipinski definition) is 3. The smallest absolute Gasteiger partial charge is 0.241 e. The van der Waals surface area contributed by atoms with E-state index in [2.05, 4.69) is 4.72 Å². The summed E-state index contributed by atoms with van der Waals surface area (Å²) in [5.41, 5.74) is 6.20. The van der Waals surface area contributed by atoms with Crippen LogP contribution >= 0.6 is 0 Å². The van der Waals surface area contributed by atoms with Gasteiger partial charge < -0.3 is 5.73 Å². The van der Waals surface area contributed by atoms with E-state index in [1.165, 1.54) is 0 Å². The number of sulfonamides is 1. The van der Waals surface area contributed by atoms with Crippen LogP contribution in [0, 0.1) is 0 Å². The second-order valence-electron chi connectivity index (χ2n) is 3.95. The van der Waals surface area contributed by atoms with Crippen LogP contribution in [-0.4, -0.2) is 14.5 Å². The van der Waals surface area contributed by atoms with E-state index < -0.39 is 10.0 Å². The molecular weight excluding hydrogens is 236 g/mol. The van der Waals surface area contributed by atoms with E-state index in [0.29, 0.717) is 5.56 Å². The third-order valence-electron chi connectivity index (χ3n) is 2.79. The Morgan fingerprint density at radius 1 is 1.24 bits per heavy atom. The molecule has 0 aliphatic carbocycles. The summed E-state index contributed by atoms with van der Waals surface area (Å²) in [7, 11) is -3.46. The van der Waals surface area contributed by atoms with Crippen molar-refractivity contribution in [2.45, 2.75) is 44.2 Å². The van der Waals surface area contributed by atoms with Crippen molar-refractivity contribution in [3.63, 3.8) is 0 Å². The zero-order valence-electron chi connectivity index (χ0n) is 10.3. The first kappa shape index (κ1) is 14.2. The summed E-state index contributed by atoms with van der Waals surface area (Å²) in [4.78, 5) is 0.286. The van der Waals surface area contributed by atoms with Crippen LogP contribution in [0.1, 0.15) is 32.3 Å². The normalized spacial score (nSPS) is 12.0. The maximum absolute atomic E-state index is 12.2. The average molecular weight is 256 g/mol. The Labute approximate surface area is 103 Å². The molecular formula is C12H20N2O2S. The first-order chi connectivity index (χ1) is 8.05. The number of nitrogens with one attached hydrogen (secondary N) is 1. The molecule has 0 fully saturated rings. The van der Waals surface area contributed by atoms with Gasteiger partial charge in [0.2, 0.25) is 10.0 Å². The quantitative estimate of drug-likeness (QED) is 0.812. The van der Waals surface area contributed by atoms with Crippen molar-refractivity contribution in [2.24, 2.45) is 5.73 Å². The summed E-state index contributed by atoms with van der Waals surface area (Å²) >= 11 is 0. The van der Waals surface area contributed by atoms with Crippen molar-refractivity contribution in [3.05, 3.63) is 29.8 Å². The van der Waals surface area contributed by atoms with Crippen LogP contribution in [0.15, 0.2) is 29.2 Å². The standard InChI is InChI=1S/C12H20N2O2S/c1-3-11(4-2)14-17(15,16)12-8-6-5-7-10(12)9-13/h5-8,11,14H,3-4,9,13H2,1-2H3. The molecule has 1 aromatic rings. The molecule has 0 saturated carbocycles. The molecule has 96 valence electrons. The van der Waals surface area contributed by atoms with Gasteiger partial charge in [-0.3, -0.25) is 0 Å². The van der Waals surface area contributed by atoms with Crippen molar-refractivity contribution in [1.29, 1.82) is 0 Å². The van der Waals surface area contributed by atoms with E-state index in [1.54, 1.807) is 24.3 Å². The van der Waals surface area contributed by atoms with Gasteiger partial charge in [-0.05, 0) is 24.5 Å². The second kappa shape index (κ2) is 6.14. The predicted octanol–water partition coefficient (Wildman–Crippen LogP) is 1.61. The lowest BCUT2D eigenvalue weighted by Crippen LogP contribution is -2.34. The summed E-state index contributed by atoms with van der Waals surface area (Å²) in [6.45, 7) is 4.15. The summed E-state index contributed by atoms with van der Waals surface area (Å²) in [5.74, 6) is 0. The topological polar surface area (TPSA) is 72.2 Å². The molecule has 17 heavy (non-hydrogen) atoms. The lowest BCUT2D eigenvalue weighted by Gasteiger charge is -2.16. The van der Waals surface area contributed by atoms with E-state index in [0.717, 1.165) is 12.8 Å². The van der Waals surface area contributed by atoms with Crippen LogP contribution in [0.4, 0.5) is 0 Å². The summed E-state index contributed by atoms with van der Waals surface area (Å²) in [6.07, 6.45) is 1.56. The predicted molar refractivity (Wildman–Crippen MR) is 69.0 cm³/mol. The fourth-order valence-corrected chi connectivity index (χ4v) is 3.33. The minimum absolute atomic E-state index is 0.0224. The van der Waals surface area contributed by atoms with E-state index >= 15 is 0 Å². The number of nitrogens with two attached hydrogens (primary N) is 1. The zero-order valence-corrected chi connectivity index (χ0v) is 11.1. The maximum Gasteiger partial charge on any atom is 0.241 e. The molecule has 0 saturated heterocycles. The van der Waals surface area contributed by atoms with Crippen LogP contribution in [0.3, 0.4) is 0 Å². The molecule has 0 aromatic heterocycles. The van der Waals surface area contributed by atoms with Gasteiger partial charge in [0, 0.05) is 12.6 Å². The van der Waals surface area contributed by atoms with E-state index in [1.807, 2.05) is 13.8 Å². The van der Waals surface area contributed by atoms with Crippen LogP contribution in [-0.2, 0) is 16.6 Å². The lowest BCUT2D eigenvalue weighted by molar-refractivity contribution is 0.529. The number of benzene rings is 1. The van der Waals surface area contributed by atoms with Gasteiger partial charge in [-0.1, -0.05) is 32.0 Å². The molecule has 5 heteroatoms. The SMILES string of the molecule is CCC(CC)NS(=O)(=O)c1ccccc1CN. The van der Waals surface area contributed by atoms with Gasteiger partial charge in [-0.15, -0.1) is 0 Å². The summed E-state index contributed by atoms with van der Waals surface area (Å²) in [5, 5.41) is 0. The largest absolute Gasteiger partial charge is 0.326 e. The Bertz CT molecular complexity index is 453. The molecule has 0 bridgehead atoms. The molecule has 1 rings (SSSR count). The first-order valence-electron chi connectivity index (χ1n) is 5.85. The Morgan fingerprint density at radius 3 is 2.35 bits per heavy atom. The molecule has 0 heterocycles. The number of rotatable bonds is 6. The van der Waals surface area contributed by atoms with Crippen LogP contribution in [0.25, 0.3) is 0 Å². The highest BCUT2D eigenvalue weighted by Crippen LogP contribution is 2.15. The monoisotopic (exact) mass is 256 g/mol. The van der Waals surface area contributed by atoms with Crippen LogP contribution < -0.4 is 10.5 Å². The Balaban J connectivity index is 3.04. The average Bonchev–Trinajstić information content (AvgIpc) is 2.35. The zero-order chi connectivity index (χ0) is 12.9. The third-order valence-corrected chi connectivity index (χ3v) is 4.41. The molecule has 4 nitrogen and oxygen atoms in total. The van der Waals surface area contributed by atoms with Crippen molar-refractivity contribution in [1.82, 2.24) is 4.72 Å². The number of hydrogen-bond donors (Lipinski definition) is 2. The van der Waals surface area contributed by atoms with Crippen LogP contribution in [0.2, 0.25) is 0 Å².